The standard InChI is InChI=1S/C15H21F3N2/c1-3-8-20(2)14-7-4-11(10-19-12-5-6-12)9-13(14)15(16,17)18/h4,7,9,12,19H,3,5-6,8,10H2,1-2H3. The van der Waals surface area contributed by atoms with Gasteiger partial charge in [-0.1, -0.05) is 13.0 Å². The summed E-state index contributed by atoms with van der Waals surface area (Å²) >= 11 is 0. The molecule has 0 bridgehead atoms. The lowest BCUT2D eigenvalue weighted by molar-refractivity contribution is -0.137. The summed E-state index contributed by atoms with van der Waals surface area (Å²) in [4.78, 5) is 1.67. The van der Waals surface area contributed by atoms with Crippen LogP contribution in [0.3, 0.4) is 0 Å². The van der Waals surface area contributed by atoms with E-state index >= 15 is 0 Å². The van der Waals surface area contributed by atoms with Crippen LogP contribution in [0.4, 0.5) is 18.9 Å². The van der Waals surface area contributed by atoms with E-state index in [2.05, 4.69) is 5.32 Å². The predicted molar refractivity (Wildman–Crippen MR) is 74.9 cm³/mol. The monoisotopic (exact) mass is 286 g/mol. The molecular weight excluding hydrogens is 265 g/mol. The molecular formula is C15H21F3N2. The molecule has 0 saturated heterocycles. The van der Waals surface area contributed by atoms with E-state index in [1.807, 2.05) is 6.92 Å². The number of nitrogens with one attached hydrogen (secondary N) is 1. The van der Waals surface area contributed by atoms with Crippen molar-refractivity contribution in [2.75, 3.05) is 18.5 Å². The van der Waals surface area contributed by atoms with Crippen LogP contribution >= 0.6 is 0 Å². The molecule has 0 heterocycles. The van der Waals surface area contributed by atoms with Crippen LogP contribution in [0.2, 0.25) is 0 Å². The molecule has 1 aromatic rings. The van der Waals surface area contributed by atoms with Crippen molar-refractivity contribution in [3.8, 4) is 0 Å². The Bertz CT molecular complexity index is 453. The van der Waals surface area contributed by atoms with Gasteiger partial charge in [-0.25, -0.2) is 0 Å². The van der Waals surface area contributed by atoms with Crippen molar-refractivity contribution in [2.45, 2.75) is 44.9 Å². The smallest absolute Gasteiger partial charge is 0.374 e. The van der Waals surface area contributed by atoms with E-state index in [-0.39, 0.29) is 5.69 Å². The zero-order valence-corrected chi connectivity index (χ0v) is 11.9. The van der Waals surface area contributed by atoms with Crippen molar-refractivity contribution in [3.63, 3.8) is 0 Å². The van der Waals surface area contributed by atoms with Gasteiger partial charge in [0.25, 0.3) is 0 Å². The highest BCUT2D eigenvalue weighted by Crippen LogP contribution is 2.37. The molecule has 1 aliphatic carbocycles. The van der Waals surface area contributed by atoms with E-state index in [0.717, 1.165) is 19.3 Å². The van der Waals surface area contributed by atoms with E-state index in [4.69, 9.17) is 0 Å². The van der Waals surface area contributed by atoms with Gasteiger partial charge >= 0.3 is 6.18 Å². The number of anilines is 1. The molecule has 20 heavy (non-hydrogen) atoms. The van der Waals surface area contributed by atoms with Crippen LogP contribution in [-0.2, 0) is 12.7 Å². The van der Waals surface area contributed by atoms with Crippen molar-refractivity contribution >= 4 is 5.69 Å². The van der Waals surface area contributed by atoms with Crippen LogP contribution in [0.15, 0.2) is 18.2 Å². The third kappa shape index (κ3) is 3.88. The molecule has 0 amide bonds. The summed E-state index contributed by atoms with van der Waals surface area (Å²) in [6.07, 6.45) is -1.24. The minimum absolute atomic E-state index is 0.259. The molecule has 2 rings (SSSR count). The number of alkyl halides is 3. The normalized spacial score (nSPS) is 15.4. The SMILES string of the molecule is CCCN(C)c1ccc(CNC2CC2)cc1C(F)(F)F. The van der Waals surface area contributed by atoms with Crippen molar-refractivity contribution in [1.29, 1.82) is 0 Å². The fourth-order valence-corrected chi connectivity index (χ4v) is 2.26. The molecule has 0 spiro atoms. The summed E-state index contributed by atoms with van der Waals surface area (Å²) < 4.78 is 39.6. The van der Waals surface area contributed by atoms with Crippen LogP contribution in [-0.4, -0.2) is 19.6 Å². The largest absolute Gasteiger partial charge is 0.418 e. The number of rotatable bonds is 6. The summed E-state index contributed by atoms with van der Waals surface area (Å²) in [5, 5.41) is 3.24. The average Bonchev–Trinajstić information content (AvgIpc) is 3.19. The lowest BCUT2D eigenvalue weighted by Crippen LogP contribution is -2.23. The maximum atomic E-state index is 13.2. The Morgan fingerprint density at radius 1 is 1.30 bits per heavy atom. The van der Waals surface area contributed by atoms with Gasteiger partial charge in [0, 0.05) is 31.9 Å². The molecule has 1 fully saturated rings. The number of hydrogen-bond donors (Lipinski definition) is 1. The molecule has 112 valence electrons. The average molecular weight is 286 g/mol. The highest BCUT2D eigenvalue weighted by molar-refractivity contribution is 5.56. The fourth-order valence-electron chi connectivity index (χ4n) is 2.26. The zero-order valence-electron chi connectivity index (χ0n) is 11.9. The van der Waals surface area contributed by atoms with Gasteiger partial charge in [0.05, 0.1) is 5.56 Å². The van der Waals surface area contributed by atoms with E-state index in [1.54, 1.807) is 24.1 Å². The van der Waals surface area contributed by atoms with E-state index in [1.165, 1.54) is 6.07 Å². The molecule has 0 radical (unpaired) electrons. The third-order valence-electron chi connectivity index (χ3n) is 3.51. The first-order valence-electron chi connectivity index (χ1n) is 7.06. The van der Waals surface area contributed by atoms with E-state index < -0.39 is 11.7 Å². The maximum absolute atomic E-state index is 13.2. The Labute approximate surface area is 118 Å². The first-order chi connectivity index (χ1) is 9.41. The second kappa shape index (κ2) is 6.04. The van der Waals surface area contributed by atoms with Gasteiger partial charge in [0.15, 0.2) is 0 Å². The Hall–Kier alpha value is -1.23. The second-order valence-electron chi connectivity index (χ2n) is 5.43. The van der Waals surface area contributed by atoms with Gasteiger partial charge in [0.1, 0.15) is 0 Å². The van der Waals surface area contributed by atoms with E-state index in [0.29, 0.717) is 24.7 Å². The lowest BCUT2D eigenvalue weighted by atomic mass is 10.1. The Kier molecular flexibility index (Phi) is 4.58. The maximum Gasteiger partial charge on any atom is 0.418 e. The molecule has 0 aliphatic heterocycles. The van der Waals surface area contributed by atoms with Crippen LogP contribution in [0.1, 0.15) is 37.3 Å². The molecule has 0 unspecified atom stereocenters. The van der Waals surface area contributed by atoms with Crippen molar-refractivity contribution in [1.82, 2.24) is 5.32 Å². The summed E-state index contributed by atoms with van der Waals surface area (Å²) in [7, 11) is 1.70. The summed E-state index contributed by atoms with van der Waals surface area (Å²) in [5.41, 5.74) is 0.413. The first-order valence-corrected chi connectivity index (χ1v) is 7.06. The van der Waals surface area contributed by atoms with Gasteiger partial charge in [-0.15, -0.1) is 0 Å². The first kappa shape index (κ1) is 15.2. The molecule has 5 heteroatoms. The third-order valence-corrected chi connectivity index (χ3v) is 3.51. The molecule has 1 saturated carbocycles. The van der Waals surface area contributed by atoms with Crippen LogP contribution in [0.5, 0.6) is 0 Å². The minimum Gasteiger partial charge on any atom is -0.374 e. The van der Waals surface area contributed by atoms with Crippen molar-refractivity contribution in [2.24, 2.45) is 0 Å². The zero-order chi connectivity index (χ0) is 14.8. The second-order valence-corrected chi connectivity index (χ2v) is 5.43. The van der Waals surface area contributed by atoms with Crippen molar-refractivity contribution in [3.05, 3.63) is 29.3 Å². The number of halogens is 3. The Morgan fingerprint density at radius 2 is 2.00 bits per heavy atom. The van der Waals surface area contributed by atoms with Crippen LogP contribution < -0.4 is 10.2 Å². The molecule has 1 aromatic carbocycles. The molecule has 1 N–H and O–H groups in total. The van der Waals surface area contributed by atoms with Gasteiger partial charge in [-0.05, 0) is 37.0 Å². The summed E-state index contributed by atoms with van der Waals surface area (Å²) in [6.45, 7) is 3.08. The van der Waals surface area contributed by atoms with Crippen molar-refractivity contribution < 1.29 is 13.2 Å². The van der Waals surface area contributed by atoms with Crippen LogP contribution in [0, 0.1) is 0 Å². The molecule has 1 aliphatic rings. The summed E-state index contributed by atoms with van der Waals surface area (Å²) in [5.74, 6) is 0. The quantitative estimate of drug-likeness (QED) is 0.855. The van der Waals surface area contributed by atoms with Gasteiger partial charge in [-0.2, -0.15) is 13.2 Å². The highest BCUT2D eigenvalue weighted by Gasteiger charge is 2.34. The van der Waals surface area contributed by atoms with Gasteiger partial charge in [0.2, 0.25) is 0 Å². The lowest BCUT2D eigenvalue weighted by Gasteiger charge is -2.23. The number of benzene rings is 1. The number of nitrogens with zero attached hydrogens (tertiary/aromatic N) is 1. The van der Waals surface area contributed by atoms with Crippen LogP contribution in [0.25, 0.3) is 0 Å². The van der Waals surface area contributed by atoms with Gasteiger partial charge in [-0.3, -0.25) is 0 Å². The topological polar surface area (TPSA) is 15.3 Å². The molecule has 2 nitrogen and oxygen atoms in total. The Balaban J connectivity index is 2.21. The number of hydrogen-bond acceptors (Lipinski definition) is 2. The summed E-state index contributed by atoms with van der Waals surface area (Å²) in [6, 6.07) is 5.14. The van der Waals surface area contributed by atoms with E-state index in [9.17, 15) is 13.2 Å². The minimum atomic E-state index is -4.31. The molecule has 0 atom stereocenters. The van der Waals surface area contributed by atoms with Gasteiger partial charge < -0.3 is 10.2 Å². The fraction of sp³-hybridized carbons (Fsp3) is 0.600. The Morgan fingerprint density at radius 3 is 2.55 bits per heavy atom. The molecule has 0 aromatic heterocycles. The highest BCUT2D eigenvalue weighted by atomic mass is 19.4. The predicted octanol–water partition coefficient (Wildman–Crippen LogP) is 3.80.